The minimum atomic E-state index is -4.85. The highest BCUT2D eigenvalue weighted by Gasteiger charge is 2.58. The third-order valence-electron chi connectivity index (χ3n) is 5.14. The molecule has 0 radical (unpaired) electrons. The topological polar surface area (TPSA) is 155 Å². The van der Waals surface area contributed by atoms with Crippen molar-refractivity contribution < 1.29 is 36.3 Å². The largest absolute Gasteiger partial charge is 0.478 e. The molecule has 2 aromatic rings. The summed E-state index contributed by atoms with van der Waals surface area (Å²) in [7, 11) is -8.86. The van der Waals surface area contributed by atoms with E-state index in [-0.39, 0.29) is 11.1 Å². The van der Waals surface area contributed by atoms with Crippen LogP contribution >= 0.6 is 0 Å². The number of carbonyl (C=O) groups excluding carboxylic acids is 2. The summed E-state index contributed by atoms with van der Waals surface area (Å²) in [6, 6.07) is 10.3. The number of sulfonamides is 1. The maximum absolute atomic E-state index is 13.3. The van der Waals surface area contributed by atoms with E-state index in [0.717, 1.165) is 18.4 Å². The number of fused-ring (bicyclic) bond motifs is 1. The molecule has 1 heterocycles. The number of imide groups is 1. The molecular weight excluding hydrogens is 460 g/mol. The van der Waals surface area contributed by atoms with Crippen LogP contribution in [0.5, 0.6) is 0 Å². The monoisotopic (exact) mass is 480 g/mol. The van der Waals surface area contributed by atoms with Crippen molar-refractivity contribution in [3.8, 4) is 0 Å². The lowest BCUT2D eigenvalue weighted by molar-refractivity contribution is -0.152. The van der Waals surface area contributed by atoms with E-state index in [1.807, 2.05) is 4.72 Å². The van der Waals surface area contributed by atoms with Gasteiger partial charge in [-0.1, -0.05) is 38.1 Å². The number of sulfone groups is 1. The molecule has 0 saturated carbocycles. The van der Waals surface area contributed by atoms with Gasteiger partial charge in [0, 0.05) is 12.2 Å². The van der Waals surface area contributed by atoms with E-state index < -0.39 is 59.0 Å². The molecule has 10 nitrogen and oxygen atoms in total. The summed E-state index contributed by atoms with van der Waals surface area (Å²) in [6.07, 6.45) is 0.804. The van der Waals surface area contributed by atoms with Gasteiger partial charge in [-0.05, 0) is 24.3 Å². The van der Waals surface area contributed by atoms with Crippen LogP contribution in [0, 0.1) is 5.92 Å². The Balaban J connectivity index is 2.23. The summed E-state index contributed by atoms with van der Waals surface area (Å²) in [6.45, 7) is 2.64. The molecule has 1 atom stereocenters. The molecule has 0 fully saturated rings. The van der Waals surface area contributed by atoms with Gasteiger partial charge in [0.2, 0.25) is 15.7 Å². The summed E-state index contributed by atoms with van der Waals surface area (Å²) < 4.78 is 52.8. The molecule has 0 aliphatic carbocycles. The smallest absolute Gasteiger partial charge is 0.346 e. The van der Waals surface area contributed by atoms with Gasteiger partial charge in [-0.25, -0.2) is 26.5 Å². The zero-order chi connectivity index (χ0) is 24.1. The molecule has 170 valence electrons. The fourth-order valence-electron chi connectivity index (χ4n) is 3.56. The number of carboxylic acid groups (broad SMARTS) is 1. The molecule has 2 N–H and O–H groups in total. The Morgan fingerprint density at radius 3 is 1.75 bits per heavy atom. The van der Waals surface area contributed by atoms with Crippen molar-refractivity contribution in [1.29, 1.82) is 0 Å². The number of hydrogen-bond donors (Lipinski definition) is 2. The molecule has 2 aromatic carbocycles. The number of hydrogen-bond acceptors (Lipinski definition) is 7. The van der Waals surface area contributed by atoms with E-state index >= 15 is 0 Å². The minimum absolute atomic E-state index is 0.0699. The molecule has 0 saturated heterocycles. The second kappa shape index (κ2) is 7.80. The molecule has 12 heteroatoms. The molecule has 32 heavy (non-hydrogen) atoms. The molecule has 3 rings (SSSR count). The Morgan fingerprint density at radius 1 is 0.906 bits per heavy atom. The molecule has 0 bridgehead atoms. The zero-order valence-electron chi connectivity index (χ0n) is 17.3. The Morgan fingerprint density at radius 2 is 1.34 bits per heavy atom. The van der Waals surface area contributed by atoms with Gasteiger partial charge in [0.15, 0.2) is 9.84 Å². The third kappa shape index (κ3) is 3.59. The highest BCUT2D eigenvalue weighted by Crippen LogP contribution is 2.34. The average molecular weight is 481 g/mol. The first-order chi connectivity index (χ1) is 14.7. The van der Waals surface area contributed by atoms with Crippen LogP contribution in [0.15, 0.2) is 58.3 Å². The Hall–Kier alpha value is -3.09. The van der Waals surface area contributed by atoms with Crippen molar-refractivity contribution in [2.75, 3.05) is 6.26 Å². The van der Waals surface area contributed by atoms with Crippen LogP contribution in [0.3, 0.4) is 0 Å². The summed E-state index contributed by atoms with van der Waals surface area (Å²) in [5, 5.41) is 10.1. The SMILES string of the molecule is CC(C)[C@](NS(=O)(=O)c1ccccc1S(C)(=O)=O)(C(=O)O)N1C(=O)c2ccccc2C1=O. The normalized spacial score (nSPS) is 16.2. The van der Waals surface area contributed by atoms with E-state index in [1.165, 1.54) is 50.2 Å². The fraction of sp³-hybridized carbons (Fsp3) is 0.250. The van der Waals surface area contributed by atoms with Crippen LogP contribution in [0.2, 0.25) is 0 Å². The number of nitrogens with one attached hydrogen (secondary N) is 1. The fourth-order valence-corrected chi connectivity index (χ4v) is 6.62. The van der Waals surface area contributed by atoms with Gasteiger partial charge in [-0.2, -0.15) is 4.72 Å². The van der Waals surface area contributed by atoms with E-state index in [2.05, 4.69) is 0 Å². The zero-order valence-corrected chi connectivity index (χ0v) is 18.9. The summed E-state index contributed by atoms with van der Waals surface area (Å²) >= 11 is 0. The maximum Gasteiger partial charge on any atom is 0.346 e. The molecule has 0 aromatic heterocycles. The molecule has 2 amide bonds. The first-order valence-corrected chi connectivity index (χ1v) is 12.7. The van der Waals surface area contributed by atoms with Gasteiger partial charge in [-0.3, -0.25) is 9.59 Å². The second-order valence-electron chi connectivity index (χ2n) is 7.54. The number of amides is 2. The first kappa shape index (κ1) is 23.6. The average Bonchev–Trinajstić information content (AvgIpc) is 2.96. The van der Waals surface area contributed by atoms with E-state index in [9.17, 15) is 36.3 Å². The lowest BCUT2D eigenvalue weighted by Gasteiger charge is -2.40. The number of carboxylic acids is 1. The lowest BCUT2D eigenvalue weighted by Crippen LogP contribution is -2.69. The highest BCUT2D eigenvalue weighted by molar-refractivity contribution is 7.93. The van der Waals surface area contributed by atoms with Crippen molar-refractivity contribution in [3.05, 3.63) is 59.7 Å². The Kier molecular flexibility index (Phi) is 5.74. The summed E-state index contributed by atoms with van der Waals surface area (Å²) in [5.74, 6) is -4.91. The van der Waals surface area contributed by atoms with Gasteiger partial charge >= 0.3 is 5.97 Å². The second-order valence-corrected chi connectivity index (χ2v) is 11.2. The molecule has 1 aliphatic rings. The highest BCUT2D eigenvalue weighted by atomic mass is 32.2. The van der Waals surface area contributed by atoms with Crippen LogP contribution in [0.25, 0.3) is 0 Å². The van der Waals surface area contributed by atoms with Crippen LogP contribution in [0.4, 0.5) is 0 Å². The molecule has 0 unspecified atom stereocenters. The van der Waals surface area contributed by atoms with Gasteiger partial charge in [0.1, 0.15) is 4.90 Å². The first-order valence-electron chi connectivity index (χ1n) is 9.29. The standard InChI is InChI=1S/C20H20N2O8S2/c1-12(2)20(19(25)26,22-17(23)13-8-4-5-9-14(13)18(22)24)21-32(29,30)16-11-7-6-10-15(16)31(3,27)28/h4-12,21H,1-3H3,(H,25,26)/t20-/m1/s1. The number of rotatable bonds is 7. The molecule has 1 aliphatic heterocycles. The minimum Gasteiger partial charge on any atom is -0.478 e. The van der Waals surface area contributed by atoms with Gasteiger partial charge in [0.05, 0.1) is 16.0 Å². The molecular formula is C20H20N2O8S2. The van der Waals surface area contributed by atoms with E-state index in [1.54, 1.807) is 0 Å². The van der Waals surface area contributed by atoms with Gasteiger partial charge in [0.25, 0.3) is 11.8 Å². The van der Waals surface area contributed by atoms with Crippen molar-refractivity contribution in [1.82, 2.24) is 9.62 Å². The Labute approximate surface area is 184 Å². The van der Waals surface area contributed by atoms with Crippen molar-refractivity contribution in [2.24, 2.45) is 5.92 Å². The van der Waals surface area contributed by atoms with Crippen molar-refractivity contribution in [2.45, 2.75) is 29.3 Å². The van der Waals surface area contributed by atoms with E-state index in [0.29, 0.717) is 4.90 Å². The maximum atomic E-state index is 13.3. The Bertz CT molecular complexity index is 1310. The lowest BCUT2D eigenvalue weighted by atomic mass is 9.95. The van der Waals surface area contributed by atoms with Crippen LogP contribution in [-0.4, -0.2) is 56.5 Å². The predicted octanol–water partition coefficient (Wildman–Crippen LogP) is 1.10. The molecule has 0 spiro atoms. The third-order valence-corrected chi connectivity index (χ3v) is 7.94. The number of benzene rings is 2. The number of aliphatic carboxylic acids is 1. The number of carbonyl (C=O) groups is 3. The summed E-state index contributed by atoms with van der Waals surface area (Å²) in [5.41, 5.74) is -2.87. The summed E-state index contributed by atoms with van der Waals surface area (Å²) in [4.78, 5) is 37.6. The quantitative estimate of drug-likeness (QED) is 0.558. The van der Waals surface area contributed by atoms with Crippen LogP contribution in [0.1, 0.15) is 34.6 Å². The number of nitrogens with zero attached hydrogens (tertiary/aromatic N) is 1. The van der Waals surface area contributed by atoms with Gasteiger partial charge in [-0.15, -0.1) is 0 Å². The van der Waals surface area contributed by atoms with Crippen molar-refractivity contribution in [3.63, 3.8) is 0 Å². The van der Waals surface area contributed by atoms with Crippen LogP contribution in [-0.2, 0) is 24.7 Å². The van der Waals surface area contributed by atoms with Crippen molar-refractivity contribution >= 4 is 37.6 Å². The van der Waals surface area contributed by atoms with E-state index in [4.69, 9.17) is 0 Å². The predicted molar refractivity (Wildman–Crippen MR) is 112 cm³/mol. The van der Waals surface area contributed by atoms with Gasteiger partial charge < -0.3 is 5.11 Å². The van der Waals surface area contributed by atoms with Crippen LogP contribution < -0.4 is 4.72 Å².